The zero-order valence-electron chi connectivity index (χ0n) is 17.8. The summed E-state index contributed by atoms with van der Waals surface area (Å²) in [5, 5.41) is 0. The van der Waals surface area contributed by atoms with Crippen molar-refractivity contribution >= 4 is 16.4 Å². The van der Waals surface area contributed by atoms with Crippen LogP contribution < -0.4 is 29.6 Å². The molecule has 160 valence electrons. The minimum Gasteiger partial charge on any atom is -0.726 e. The summed E-state index contributed by atoms with van der Waals surface area (Å²) < 4.78 is 38.6. The zero-order chi connectivity index (χ0) is 20.3. The molecular formula is C19H36NNaO6S. The van der Waals surface area contributed by atoms with Crippen molar-refractivity contribution in [2.24, 2.45) is 11.3 Å². The van der Waals surface area contributed by atoms with Gasteiger partial charge in [-0.05, 0) is 44.7 Å². The van der Waals surface area contributed by atoms with Gasteiger partial charge < -0.3 is 14.2 Å². The molecule has 0 aliphatic heterocycles. The predicted octanol–water partition coefficient (Wildman–Crippen LogP) is 0.411. The van der Waals surface area contributed by atoms with E-state index in [1.807, 2.05) is 0 Å². The summed E-state index contributed by atoms with van der Waals surface area (Å²) in [6.07, 6.45) is 12.3. The van der Waals surface area contributed by atoms with Crippen LogP contribution in [0.15, 0.2) is 0 Å². The van der Waals surface area contributed by atoms with Gasteiger partial charge in [0.1, 0.15) is 6.61 Å². The number of nitrogens with zero attached hydrogens (tertiary/aromatic N) is 1. The first-order valence-corrected chi connectivity index (χ1v) is 11.7. The van der Waals surface area contributed by atoms with Crippen molar-refractivity contribution in [2.75, 3.05) is 26.2 Å². The van der Waals surface area contributed by atoms with Gasteiger partial charge in [0.05, 0.1) is 5.41 Å². The Bertz CT molecular complexity index is 519. The van der Waals surface area contributed by atoms with E-state index >= 15 is 0 Å². The third kappa shape index (κ3) is 10.4. The molecule has 2 aliphatic carbocycles. The Kier molecular flexibility index (Phi) is 14.5. The number of carbonyl (C=O) groups is 1. The Labute approximate surface area is 192 Å². The van der Waals surface area contributed by atoms with Crippen LogP contribution in [0.5, 0.6) is 0 Å². The Balaban J connectivity index is 0.00000108. The molecule has 2 rings (SSSR count). The quantitative estimate of drug-likeness (QED) is 0.270. The van der Waals surface area contributed by atoms with E-state index in [2.05, 4.69) is 18.7 Å². The number of hydrogen-bond acceptors (Lipinski definition) is 6. The molecule has 0 saturated heterocycles. The Morgan fingerprint density at radius 3 is 2.00 bits per heavy atom. The van der Waals surface area contributed by atoms with Gasteiger partial charge >= 0.3 is 35.5 Å². The molecule has 28 heavy (non-hydrogen) atoms. The molecule has 2 saturated carbocycles. The molecule has 0 aromatic carbocycles. The smallest absolute Gasteiger partial charge is 0.726 e. The molecule has 0 aromatic heterocycles. The number of likely N-dealkylation sites (N-methyl/N-ethyl adjacent to an activating group) is 1. The number of esters is 1. The summed E-state index contributed by atoms with van der Waals surface area (Å²) in [4.78, 5) is 15.3. The van der Waals surface area contributed by atoms with Gasteiger partial charge in [-0.3, -0.25) is 9.35 Å². The van der Waals surface area contributed by atoms with Crippen molar-refractivity contribution in [3.63, 3.8) is 0 Å². The Hall–Kier alpha value is 0.300. The first-order valence-electron chi connectivity index (χ1n) is 10.3. The largest absolute Gasteiger partial charge is 1.00 e. The standard InChI is InChI=1S/C19H35NO2.Na.H2O4S/c1-3-20(4-2)15-16-22-18(21)19(13-9-6-10-14-19)17-11-7-5-8-12-17;;1-5(2,3)4/h17H,3-16H2,1-2H3;;(H2,1,2,3,4)/q;+1;/p-1. The topological polar surface area (TPSA) is 107 Å². The molecular weight excluding hydrogens is 393 g/mol. The molecule has 0 radical (unpaired) electrons. The van der Waals surface area contributed by atoms with Gasteiger partial charge in [-0.25, -0.2) is 8.42 Å². The van der Waals surface area contributed by atoms with Crippen LogP contribution in [-0.4, -0.2) is 54.6 Å². The number of carbonyl (C=O) groups excluding carboxylic acids is 1. The molecule has 0 unspecified atom stereocenters. The minimum atomic E-state index is -4.92. The van der Waals surface area contributed by atoms with Gasteiger partial charge in [-0.2, -0.15) is 0 Å². The Morgan fingerprint density at radius 1 is 1.07 bits per heavy atom. The van der Waals surface area contributed by atoms with E-state index in [-0.39, 0.29) is 40.9 Å². The molecule has 0 amide bonds. The number of rotatable bonds is 7. The van der Waals surface area contributed by atoms with Crippen LogP contribution in [-0.2, 0) is 19.9 Å². The van der Waals surface area contributed by atoms with Gasteiger partial charge in [-0.1, -0.05) is 52.4 Å². The van der Waals surface area contributed by atoms with Crippen LogP contribution in [0.25, 0.3) is 0 Å². The van der Waals surface area contributed by atoms with Crippen LogP contribution in [0.4, 0.5) is 0 Å². The summed E-state index contributed by atoms with van der Waals surface area (Å²) in [5.41, 5.74) is -0.137. The third-order valence-electron chi connectivity index (χ3n) is 6.07. The first kappa shape index (κ1) is 28.3. The van der Waals surface area contributed by atoms with Crippen LogP contribution in [0.1, 0.15) is 78.1 Å². The van der Waals surface area contributed by atoms with Gasteiger partial charge in [0.2, 0.25) is 10.4 Å². The maximum Gasteiger partial charge on any atom is 1.00 e. The SMILES string of the molecule is CCN(CC)CCOC(=O)C1(C2CCCCC2)CCCCC1.O=S(=O)([O-])O.[Na+]. The van der Waals surface area contributed by atoms with Gasteiger partial charge in [0.25, 0.3) is 0 Å². The third-order valence-corrected chi connectivity index (χ3v) is 6.07. The van der Waals surface area contributed by atoms with E-state index in [9.17, 15) is 4.79 Å². The molecule has 0 heterocycles. The van der Waals surface area contributed by atoms with Crippen LogP contribution in [0.2, 0.25) is 0 Å². The van der Waals surface area contributed by atoms with Crippen molar-refractivity contribution in [2.45, 2.75) is 78.1 Å². The van der Waals surface area contributed by atoms with Gasteiger partial charge in [-0.15, -0.1) is 0 Å². The Morgan fingerprint density at radius 2 is 1.54 bits per heavy atom. The van der Waals surface area contributed by atoms with Crippen LogP contribution >= 0.6 is 0 Å². The van der Waals surface area contributed by atoms with E-state index in [1.165, 1.54) is 51.4 Å². The monoisotopic (exact) mass is 429 g/mol. The molecule has 7 nitrogen and oxygen atoms in total. The second-order valence-electron chi connectivity index (χ2n) is 7.64. The van der Waals surface area contributed by atoms with E-state index in [0.717, 1.165) is 32.5 Å². The molecule has 2 fully saturated rings. The van der Waals surface area contributed by atoms with E-state index in [4.69, 9.17) is 22.3 Å². The van der Waals surface area contributed by atoms with E-state index < -0.39 is 10.4 Å². The molecule has 1 N–H and O–H groups in total. The summed E-state index contributed by atoms with van der Waals surface area (Å²) in [6, 6.07) is 0. The molecule has 9 heteroatoms. The fourth-order valence-electron chi connectivity index (χ4n) is 4.57. The second-order valence-corrected chi connectivity index (χ2v) is 8.50. The van der Waals surface area contributed by atoms with E-state index in [0.29, 0.717) is 12.5 Å². The first-order chi connectivity index (χ1) is 12.7. The van der Waals surface area contributed by atoms with Crippen molar-refractivity contribution in [3.05, 3.63) is 0 Å². The normalized spacial score (nSPS) is 19.9. The maximum absolute atomic E-state index is 12.9. The van der Waals surface area contributed by atoms with Crippen molar-refractivity contribution in [1.82, 2.24) is 4.90 Å². The average molecular weight is 430 g/mol. The van der Waals surface area contributed by atoms with E-state index in [1.54, 1.807) is 0 Å². The van der Waals surface area contributed by atoms with Crippen molar-refractivity contribution in [1.29, 1.82) is 0 Å². The summed E-state index contributed by atoms with van der Waals surface area (Å²) in [6.45, 7) is 7.82. The molecule has 0 atom stereocenters. The molecule has 0 bridgehead atoms. The predicted molar refractivity (Wildman–Crippen MR) is 103 cm³/mol. The molecule has 0 aromatic rings. The molecule has 2 aliphatic rings. The van der Waals surface area contributed by atoms with Gasteiger partial charge in [0.15, 0.2) is 0 Å². The van der Waals surface area contributed by atoms with Crippen LogP contribution in [0, 0.1) is 11.3 Å². The fraction of sp³-hybridized carbons (Fsp3) is 0.947. The fourth-order valence-corrected chi connectivity index (χ4v) is 4.57. The second kappa shape index (κ2) is 14.3. The summed E-state index contributed by atoms with van der Waals surface area (Å²) >= 11 is 0. The molecule has 0 spiro atoms. The van der Waals surface area contributed by atoms with Gasteiger partial charge in [0, 0.05) is 6.54 Å². The van der Waals surface area contributed by atoms with Crippen LogP contribution in [0.3, 0.4) is 0 Å². The van der Waals surface area contributed by atoms with Crippen molar-refractivity contribution in [3.8, 4) is 0 Å². The number of hydrogen-bond donors (Lipinski definition) is 1. The minimum absolute atomic E-state index is 0. The summed E-state index contributed by atoms with van der Waals surface area (Å²) in [5.74, 6) is 0.716. The summed E-state index contributed by atoms with van der Waals surface area (Å²) in [7, 11) is -4.92. The zero-order valence-corrected chi connectivity index (χ0v) is 20.6. The maximum atomic E-state index is 12.9. The van der Waals surface area contributed by atoms with Crippen molar-refractivity contribution < 1.29 is 56.6 Å². The average Bonchev–Trinajstić information content (AvgIpc) is 2.65. The number of ether oxygens (including phenoxy) is 1.